The van der Waals surface area contributed by atoms with Crippen LogP contribution in [0.2, 0.25) is 0 Å². The van der Waals surface area contributed by atoms with Gasteiger partial charge in [0.2, 0.25) is 0 Å². The molecule has 0 saturated carbocycles. The minimum Gasteiger partial charge on any atom is -0.457 e. The van der Waals surface area contributed by atoms with Crippen LogP contribution in [0.25, 0.3) is 0 Å². The molecule has 3 atom stereocenters. The Balaban J connectivity index is 4.22. The maximum absolute atomic E-state index is 12.7. The maximum Gasteiger partial charge on any atom is 0.472 e. The Labute approximate surface area is 378 Å². The van der Waals surface area contributed by atoms with E-state index >= 15 is 0 Å². The zero-order chi connectivity index (χ0) is 45.3. The molecule has 0 bridgehead atoms. The molecule has 0 aromatic rings. The molecule has 0 aromatic carbocycles. The first kappa shape index (κ1) is 59.4. The fraction of sp³-hybridized carbons (Fsp3) is 0.673. The van der Waals surface area contributed by atoms with Gasteiger partial charge in [-0.2, -0.15) is 0 Å². The number of esters is 1. The van der Waals surface area contributed by atoms with E-state index in [4.69, 9.17) is 23.6 Å². The minimum absolute atomic E-state index is 0.0284. The highest BCUT2D eigenvalue weighted by Gasteiger charge is 2.26. The number of carbonyl (C=O) groups excluding carboxylic acids is 1. The van der Waals surface area contributed by atoms with Crippen molar-refractivity contribution in [1.29, 1.82) is 0 Å². The third kappa shape index (κ3) is 46.9. The molecule has 10 heteroatoms. The van der Waals surface area contributed by atoms with Crippen molar-refractivity contribution in [3.63, 3.8) is 0 Å². The van der Waals surface area contributed by atoms with E-state index < -0.39 is 45.8 Å². The van der Waals surface area contributed by atoms with E-state index in [1.54, 1.807) is 0 Å². The smallest absolute Gasteiger partial charge is 0.457 e. The average molecular weight is 889 g/mol. The molecule has 356 valence electrons. The highest BCUT2D eigenvalue weighted by atomic mass is 31.2. The number of phosphoric ester groups is 1. The molecule has 0 aromatic heterocycles. The molecular formula is C52H89O9P. The van der Waals surface area contributed by atoms with E-state index in [2.05, 4.69) is 111 Å². The summed E-state index contributed by atoms with van der Waals surface area (Å²) in [6, 6.07) is 0. The molecule has 0 saturated heterocycles. The number of aliphatic hydroxyl groups excluding tert-OH is 2. The van der Waals surface area contributed by atoms with Gasteiger partial charge in [-0.1, -0.05) is 175 Å². The highest BCUT2D eigenvalue weighted by Crippen LogP contribution is 2.43. The summed E-state index contributed by atoms with van der Waals surface area (Å²) in [5, 5.41) is 18.4. The van der Waals surface area contributed by atoms with Gasteiger partial charge in [-0.15, -0.1) is 0 Å². The standard InChI is InChI=1S/C52H89O9P/c1-3-5-7-9-11-13-15-17-19-21-23-24-25-26-27-28-30-32-34-36-38-40-42-44-52(55)61-51(49-60-62(56,57)59-47-50(54)46-53)48-58-45-43-41-39-37-35-33-31-29-22-20-18-16-14-12-10-8-6-4-2/h5,7,11-14,17-20,23-24,26-27,30,32,50-51,53-54H,3-4,6,8-10,15-16,21-22,25,28-29,31,33-49H2,1-2H3,(H,56,57)/b7-5-,13-11-,14-12-,19-17-,20-18-,24-23-,27-26-,32-30-. The number of phosphoric acid groups is 1. The molecular weight excluding hydrogens is 800 g/mol. The Morgan fingerprint density at radius 2 is 0.919 bits per heavy atom. The summed E-state index contributed by atoms with van der Waals surface area (Å²) in [5.41, 5.74) is 0. The van der Waals surface area contributed by atoms with Crippen LogP contribution in [0.3, 0.4) is 0 Å². The lowest BCUT2D eigenvalue weighted by Crippen LogP contribution is -2.29. The maximum atomic E-state index is 12.7. The molecule has 0 radical (unpaired) electrons. The fourth-order valence-electron chi connectivity index (χ4n) is 6.09. The van der Waals surface area contributed by atoms with Gasteiger partial charge in [-0.05, 0) is 96.3 Å². The van der Waals surface area contributed by atoms with Gasteiger partial charge < -0.3 is 24.6 Å². The van der Waals surface area contributed by atoms with Gasteiger partial charge in [0.05, 0.1) is 26.4 Å². The first-order chi connectivity index (χ1) is 30.3. The third-order valence-electron chi connectivity index (χ3n) is 9.75. The molecule has 3 N–H and O–H groups in total. The van der Waals surface area contributed by atoms with Gasteiger partial charge in [0.15, 0.2) is 0 Å². The van der Waals surface area contributed by atoms with Crippen molar-refractivity contribution in [2.24, 2.45) is 0 Å². The predicted octanol–water partition coefficient (Wildman–Crippen LogP) is 14.0. The molecule has 62 heavy (non-hydrogen) atoms. The van der Waals surface area contributed by atoms with Crippen LogP contribution < -0.4 is 0 Å². The first-order valence-corrected chi connectivity index (χ1v) is 25.7. The van der Waals surface area contributed by atoms with Gasteiger partial charge in [-0.25, -0.2) is 4.57 Å². The number of allylic oxidation sites excluding steroid dienone is 16. The SMILES string of the molecule is CC/C=C\C/C=C\C/C=C\C/C=C\C/C=C\C/C=C\CCCCCCC(=O)OC(COCCCCCCCCCC/C=C\C/C=C\CCCCC)COP(=O)(O)OCC(O)CO. The van der Waals surface area contributed by atoms with Crippen LogP contribution in [-0.2, 0) is 27.9 Å². The second kappa shape index (κ2) is 47.8. The molecule has 0 aliphatic rings. The van der Waals surface area contributed by atoms with Crippen molar-refractivity contribution in [2.75, 3.05) is 33.0 Å². The normalized spacial score (nSPS) is 14.7. The van der Waals surface area contributed by atoms with Crippen LogP contribution in [0, 0.1) is 0 Å². The largest absolute Gasteiger partial charge is 0.472 e. The van der Waals surface area contributed by atoms with Crippen LogP contribution in [0.1, 0.15) is 181 Å². The summed E-state index contributed by atoms with van der Waals surface area (Å²) in [6.07, 6.45) is 60.8. The van der Waals surface area contributed by atoms with Crippen molar-refractivity contribution in [3.05, 3.63) is 97.2 Å². The number of hydrogen-bond acceptors (Lipinski definition) is 8. The molecule has 3 unspecified atom stereocenters. The lowest BCUT2D eigenvalue weighted by molar-refractivity contribution is -0.154. The zero-order valence-corrected chi connectivity index (χ0v) is 39.9. The van der Waals surface area contributed by atoms with E-state index in [9.17, 15) is 19.4 Å². The number of aliphatic hydroxyl groups is 2. The Morgan fingerprint density at radius 1 is 0.516 bits per heavy atom. The van der Waals surface area contributed by atoms with Crippen molar-refractivity contribution >= 4 is 13.8 Å². The average Bonchev–Trinajstić information content (AvgIpc) is 3.26. The second-order valence-electron chi connectivity index (χ2n) is 15.7. The van der Waals surface area contributed by atoms with Gasteiger partial charge in [0, 0.05) is 13.0 Å². The van der Waals surface area contributed by atoms with Gasteiger partial charge in [0.25, 0.3) is 0 Å². The van der Waals surface area contributed by atoms with Crippen LogP contribution in [0.4, 0.5) is 0 Å². The van der Waals surface area contributed by atoms with E-state index in [0.29, 0.717) is 13.0 Å². The summed E-state index contributed by atoms with van der Waals surface area (Å²) in [7, 11) is -4.54. The lowest BCUT2D eigenvalue weighted by atomic mass is 10.1. The van der Waals surface area contributed by atoms with Crippen LogP contribution in [-0.4, -0.2) is 66.3 Å². The number of ether oxygens (including phenoxy) is 2. The summed E-state index contributed by atoms with van der Waals surface area (Å²) in [5.74, 6) is -0.412. The Hall–Kier alpha value is -2.62. The van der Waals surface area contributed by atoms with Crippen LogP contribution >= 0.6 is 7.82 Å². The topological polar surface area (TPSA) is 132 Å². The molecule has 9 nitrogen and oxygen atoms in total. The van der Waals surface area contributed by atoms with E-state index in [-0.39, 0.29) is 13.0 Å². The van der Waals surface area contributed by atoms with Crippen molar-refractivity contribution in [1.82, 2.24) is 0 Å². The van der Waals surface area contributed by atoms with Crippen molar-refractivity contribution in [3.8, 4) is 0 Å². The van der Waals surface area contributed by atoms with Crippen molar-refractivity contribution in [2.45, 2.75) is 193 Å². The van der Waals surface area contributed by atoms with E-state index in [1.165, 1.54) is 57.8 Å². The number of rotatable bonds is 45. The predicted molar refractivity (Wildman–Crippen MR) is 260 cm³/mol. The number of unbranched alkanes of at least 4 members (excludes halogenated alkanes) is 15. The highest BCUT2D eigenvalue weighted by molar-refractivity contribution is 7.47. The van der Waals surface area contributed by atoms with Crippen LogP contribution in [0.15, 0.2) is 97.2 Å². The van der Waals surface area contributed by atoms with Gasteiger partial charge >= 0.3 is 13.8 Å². The van der Waals surface area contributed by atoms with E-state index in [1.807, 2.05) is 0 Å². The molecule has 0 heterocycles. The van der Waals surface area contributed by atoms with Gasteiger partial charge in [-0.3, -0.25) is 13.8 Å². The second-order valence-corrected chi connectivity index (χ2v) is 17.2. The monoisotopic (exact) mass is 889 g/mol. The molecule has 0 aliphatic carbocycles. The van der Waals surface area contributed by atoms with Crippen molar-refractivity contribution < 1.29 is 43.0 Å². The Bertz CT molecular complexity index is 1280. The fourth-order valence-corrected chi connectivity index (χ4v) is 6.88. The zero-order valence-electron chi connectivity index (χ0n) is 39.1. The molecule has 0 spiro atoms. The summed E-state index contributed by atoms with van der Waals surface area (Å²) >= 11 is 0. The number of carbonyl (C=O) groups is 1. The Kier molecular flexibility index (Phi) is 45.8. The molecule has 0 amide bonds. The molecule has 0 fully saturated rings. The number of hydrogen-bond donors (Lipinski definition) is 3. The van der Waals surface area contributed by atoms with E-state index in [0.717, 1.165) is 96.3 Å². The first-order valence-electron chi connectivity index (χ1n) is 24.2. The lowest BCUT2D eigenvalue weighted by Gasteiger charge is -2.20. The Morgan fingerprint density at radius 3 is 1.39 bits per heavy atom. The summed E-state index contributed by atoms with van der Waals surface area (Å²) < 4.78 is 33.4. The molecule has 0 rings (SSSR count). The van der Waals surface area contributed by atoms with Crippen LogP contribution in [0.5, 0.6) is 0 Å². The van der Waals surface area contributed by atoms with Gasteiger partial charge in [0.1, 0.15) is 12.2 Å². The quantitative estimate of drug-likeness (QED) is 0.0237. The molecule has 0 aliphatic heterocycles. The third-order valence-corrected chi connectivity index (χ3v) is 10.7. The minimum atomic E-state index is -4.54. The summed E-state index contributed by atoms with van der Waals surface area (Å²) in [4.78, 5) is 22.7. The summed E-state index contributed by atoms with van der Waals surface area (Å²) in [6.45, 7) is 3.32.